The molecular weight excluding hydrogens is 531 g/mol. The number of hydrogen-bond donors (Lipinski definition) is 2. The molecule has 1 aromatic carbocycles. The van der Waals surface area contributed by atoms with Gasteiger partial charge in [0.1, 0.15) is 16.2 Å². The minimum Gasteiger partial charge on any atom is -0.505 e. The van der Waals surface area contributed by atoms with Gasteiger partial charge in [-0.1, -0.05) is 34.6 Å². The Morgan fingerprint density at radius 2 is 1.94 bits per heavy atom. The number of hydrogen-bond acceptors (Lipinski definition) is 6. The van der Waals surface area contributed by atoms with Gasteiger partial charge in [0.25, 0.3) is 15.6 Å². The number of nitrogens with one attached hydrogen (secondary N) is 1. The second-order valence-corrected chi connectivity index (χ2v) is 12.1. The summed E-state index contributed by atoms with van der Waals surface area (Å²) >= 11 is 2.02. The van der Waals surface area contributed by atoms with E-state index in [0.717, 1.165) is 3.57 Å². The highest BCUT2D eigenvalue weighted by atomic mass is 127. The summed E-state index contributed by atoms with van der Waals surface area (Å²) in [5.74, 6) is -0.180. The molecule has 0 amide bonds. The van der Waals surface area contributed by atoms with Crippen LogP contribution in [-0.4, -0.2) is 29.1 Å². The fourth-order valence-electron chi connectivity index (χ4n) is 3.22. The summed E-state index contributed by atoms with van der Waals surface area (Å²) in [6.45, 7) is 10.4. The Kier molecular flexibility index (Phi) is 6.52. The Bertz CT molecular complexity index is 1210. The van der Waals surface area contributed by atoms with Crippen molar-refractivity contribution in [1.29, 1.82) is 0 Å². The van der Waals surface area contributed by atoms with Crippen LogP contribution in [0.2, 0.25) is 0 Å². The molecule has 168 valence electrons. The Morgan fingerprint density at radius 3 is 2.55 bits per heavy atom. The number of benzene rings is 1. The zero-order valence-electron chi connectivity index (χ0n) is 18.2. The van der Waals surface area contributed by atoms with Crippen molar-refractivity contribution in [3.05, 3.63) is 43.4 Å². The Labute approximate surface area is 196 Å². The van der Waals surface area contributed by atoms with Gasteiger partial charge >= 0.3 is 0 Å². The molecule has 2 N–H and O–H groups in total. The Morgan fingerprint density at radius 1 is 1.26 bits per heavy atom. The summed E-state index contributed by atoms with van der Waals surface area (Å²) in [4.78, 5) is 13.3. The SMILES string of the molecule is CC(C)CCn1nc(CC(C)(C)C)c(O)c(C2=NS(=O)(=O)c3cc(I)ccc3N2)c1=O. The number of sulfonamides is 1. The molecule has 2 heterocycles. The van der Waals surface area contributed by atoms with E-state index < -0.39 is 15.6 Å². The molecule has 0 atom stereocenters. The zero-order chi connectivity index (χ0) is 23.1. The van der Waals surface area contributed by atoms with Gasteiger partial charge in [0.05, 0.1) is 5.69 Å². The summed E-state index contributed by atoms with van der Waals surface area (Å²) in [7, 11) is -4.04. The second kappa shape index (κ2) is 8.53. The predicted molar refractivity (Wildman–Crippen MR) is 129 cm³/mol. The third-order valence-electron chi connectivity index (χ3n) is 4.74. The number of anilines is 1. The van der Waals surface area contributed by atoms with Crippen molar-refractivity contribution in [2.75, 3.05) is 5.32 Å². The molecular formula is C21H27IN4O4S. The fraction of sp³-hybridized carbons (Fsp3) is 0.476. The number of amidine groups is 1. The van der Waals surface area contributed by atoms with E-state index >= 15 is 0 Å². The molecule has 0 unspecified atom stereocenters. The lowest BCUT2D eigenvalue weighted by Gasteiger charge is -2.22. The summed E-state index contributed by atoms with van der Waals surface area (Å²) < 4.78 is 31.5. The smallest absolute Gasteiger partial charge is 0.286 e. The van der Waals surface area contributed by atoms with E-state index in [0.29, 0.717) is 36.7 Å². The number of nitrogens with zero attached hydrogens (tertiary/aromatic N) is 3. The Balaban J connectivity index is 2.21. The lowest BCUT2D eigenvalue weighted by atomic mass is 9.89. The molecule has 0 radical (unpaired) electrons. The van der Waals surface area contributed by atoms with E-state index in [9.17, 15) is 18.3 Å². The first-order chi connectivity index (χ1) is 14.3. The number of aryl methyl sites for hydroxylation is 1. The summed E-state index contributed by atoms with van der Waals surface area (Å²) in [6.07, 6.45) is 1.12. The van der Waals surface area contributed by atoms with Crippen LogP contribution in [0.15, 0.2) is 32.3 Å². The molecule has 0 aliphatic carbocycles. The van der Waals surface area contributed by atoms with Crippen LogP contribution in [0, 0.1) is 14.9 Å². The van der Waals surface area contributed by atoms with Gasteiger partial charge in [-0.05, 0) is 58.5 Å². The van der Waals surface area contributed by atoms with Crippen LogP contribution in [-0.2, 0) is 23.0 Å². The largest absolute Gasteiger partial charge is 0.505 e. The van der Waals surface area contributed by atoms with Crippen LogP contribution in [0.5, 0.6) is 5.75 Å². The van der Waals surface area contributed by atoms with Gasteiger partial charge in [0.15, 0.2) is 11.6 Å². The first-order valence-corrected chi connectivity index (χ1v) is 12.6. The first-order valence-electron chi connectivity index (χ1n) is 10.0. The third-order valence-corrected chi connectivity index (χ3v) is 6.73. The van der Waals surface area contributed by atoms with Crippen molar-refractivity contribution < 1.29 is 13.5 Å². The molecule has 2 aromatic rings. The minimum absolute atomic E-state index is 0.0340. The molecule has 1 aliphatic rings. The lowest BCUT2D eigenvalue weighted by molar-refractivity contribution is 0.371. The van der Waals surface area contributed by atoms with Crippen molar-refractivity contribution in [2.45, 2.75) is 58.9 Å². The molecule has 3 rings (SSSR count). The predicted octanol–water partition coefficient (Wildman–Crippen LogP) is 3.75. The van der Waals surface area contributed by atoms with E-state index in [1.54, 1.807) is 12.1 Å². The third kappa shape index (κ3) is 5.28. The summed E-state index contributed by atoms with van der Waals surface area (Å²) in [5.41, 5.74) is -0.315. The van der Waals surface area contributed by atoms with Crippen LogP contribution in [0.1, 0.15) is 52.3 Å². The molecule has 8 nitrogen and oxygen atoms in total. The van der Waals surface area contributed by atoms with Crippen LogP contribution < -0.4 is 10.9 Å². The van der Waals surface area contributed by atoms with Crippen molar-refractivity contribution >= 4 is 44.1 Å². The zero-order valence-corrected chi connectivity index (χ0v) is 21.2. The monoisotopic (exact) mass is 558 g/mol. The van der Waals surface area contributed by atoms with E-state index in [4.69, 9.17) is 0 Å². The minimum atomic E-state index is -4.04. The van der Waals surface area contributed by atoms with Gasteiger partial charge in [-0.3, -0.25) is 4.79 Å². The summed E-state index contributed by atoms with van der Waals surface area (Å²) in [6, 6.07) is 4.88. The van der Waals surface area contributed by atoms with Crippen molar-refractivity contribution in [3.8, 4) is 5.75 Å². The number of halogens is 1. The van der Waals surface area contributed by atoms with Crippen LogP contribution >= 0.6 is 22.6 Å². The van der Waals surface area contributed by atoms with Gasteiger partial charge in [0, 0.05) is 16.5 Å². The highest BCUT2D eigenvalue weighted by Crippen LogP contribution is 2.32. The molecule has 0 bridgehead atoms. The summed E-state index contributed by atoms with van der Waals surface area (Å²) in [5, 5.41) is 18.3. The number of rotatable bonds is 5. The molecule has 31 heavy (non-hydrogen) atoms. The number of aromatic nitrogens is 2. The topological polar surface area (TPSA) is 114 Å². The van der Waals surface area contributed by atoms with E-state index in [-0.39, 0.29) is 27.5 Å². The standard InChI is InChI=1S/C21H27IN4O4S/c1-12(2)8-9-26-20(28)17(18(27)15(24-26)11-21(3,4)5)19-23-14-7-6-13(22)10-16(14)31(29,30)25-19/h6-7,10,12,27H,8-9,11H2,1-5H3,(H,23,25). The maximum atomic E-state index is 13.2. The highest BCUT2D eigenvalue weighted by Gasteiger charge is 2.31. The van der Waals surface area contributed by atoms with Gasteiger partial charge in [-0.25, -0.2) is 4.68 Å². The van der Waals surface area contributed by atoms with Crippen LogP contribution in [0.3, 0.4) is 0 Å². The van der Waals surface area contributed by atoms with Crippen molar-refractivity contribution in [3.63, 3.8) is 0 Å². The molecule has 0 fully saturated rings. The van der Waals surface area contributed by atoms with Crippen molar-refractivity contribution in [2.24, 2.45) is 15.7 Å². The Hall–Kier alpha value is -1.95. The normalized spacial score (nSPS) is 15.4. The molecule has 0 saturated heterocycles. The van der Waals surface area contributed by atoms with Gasteiger partial charge in [0.2, 0.25) is 0 Å². The van der Waals surface area contributed by atoms with Crippen LogP contribution in [0.25, 0.3) is 0 Å². The molecule has 1 aliphatic heterocycles. The quantitative estimate of drug-likeness (QED) is 0.541. The fourth-order valence-corrected chi connectivity index (χ4v) is 5.07. The van der Waals surface area contributed by atoms with E-state index in [2.05, 4.69) is 14.8 Å². The van der Waals surface area contributed by atoms with Crippen LogP contribution in [0.4, 0.5) is 5.69 Å². The number of aromatic hydroxyl groups is 1. The molecule has 10 heteroatoms. The van der Waals surface area contributed by atoms with Crippen molar-refractivity contribution in [1.82, 2.24) is 9.78 Å². The highest BCUT2D eigenvalue weighted by molar-refractivity contribution is 14.1. The van der Waals surface area contributed by atoms with E-state index in [1.807, 2.05) is 57.2 Å². The van der Waals surface area contributed by atoms with Gasteiger partial charge in [-0.15, -0.1) is 4.40 Å². The maximum Gasteiger partial charge on any atom is 0.286 e. The van der Waals surface area contributed by atoms with E-state index in [1.165, 1.54) is 10.7 Å². The average Bonchev–Trinajstić information content (AvgIpc) is 2.62. The maximum absolute atomic E-state index is 13.2. The van der Waals surface area contributed by atoms with Gasteiger partial charge < -0.3 is 10.4 Å². The molecule has 1 aromatic heterocycles. The lowest BCUT2D eigenvalue weighted by Crippen LogP contribution is -2.35. The average molecular weight is 558 g/mol. The molecule has 0 spiro atoms. The first kappa shape index (κ1) is 23.7. The second-order valence-electron chi connectivity index (χ2n) is 9.30. The number of fused-ring (bicyclic) bond motifs is 1. The van der Waals surface area contributed by atoms with Gasteiger partial charge in [-0.2, -0.15) is 13.5 Å². The molecule has 0 saturated carbocycles.